The normalized spacial score (nSPS) is 18.0. The van der Waals surface area contributed by atoms with Crippen LogP contribution in [0.25, 0.3) is 0 Å². The third-order valence-electron chi connectivity index (χ3n) is 7.80. The Hall–Kier alpha value is -3.55. The number of carbonyl (C=O) groups is 4. The summed E-state index contributed by atoms with van der Waals surface area (Å²) in [4.78, 5) is 54.4. The number of likely N-dealkylation sites (tertiary alicyclic amines) is 1. The Morgan fingerprint density at radius 1 is 1.04 bits per heavy atom. The van der Waals surface area contributed by atoms with E-state index in [0.717, 1.165) is 38.5 Å². The molecule has 0 radical (unpaired) electrons. The molecule has 14 heteroatoms. The molecule has 2 aliphatic rings. The quantitative estimate of drug-likeness (QED) is 0.196. The summed E-state index contributed by atoms with van der Waals surface area (Å²) in [5.41, 5.74) is -2.01. The van der Waals surface area contributed by atoms with Crippen LogP contribution in [-0.4, -0.2) is 74.0 Å². The van der Waals surface area contributed by atoms with E-state index in [1.165, 1.54) is 18.1 Å². The largest absolute Gasteiger partial charge is 0.495 e. The van der Waals surface area contributed by atoms with Crippen LogP contribution >= 0.6 is 0 Å². The Bertz CT molecular complexity index is 1310. The molecule has 3 rings (SSSR count). The molecule has 2 fully saturated rings. The predicted molar refractivity (Wildman–Crippen MR) is 170 cm³/mol. The number of methoxy groups -OCH3 is 1. The highest BCUT2D eigenvalue weighted by Crippen LogP contribution is 2.37. The van der Waals surface area contributed by atoms with E-state index >= 15 is 0 Å². The van der Waals surface area contributed by atoms with Crippen molar-refractivity contribution < 1.29 is 37.1 Å². The van der Waals surface area contributed by atoms with Crippen molar-refractivity contribution in [2.45, 2.75) is 122 Å². The highest BCUT2D eigenvalue weighted by molar-refractivity contribution is 7.91. The van der Waals surface area contributed by atoms with Crippen LogP contribution in [0, 0.1) is 0 Å². The van der Waals surface area contributed by atoms with Gasteiger partial charge in [0.2, 0.25) is 11.8 Å². The molecular weight excluding hydrogens is 602 g/mol. The molecule has 1 aliphatic carbocycles. The number of amides is 4. The summed E-state index contributed by atoms with van der Waals surface area (Å²) in [6, 6.07) is 4.60. The minimum atomic E-state index is -4.34. The van der Waals surface area contributed by atoms with Crippen molar-refractivity contribution >= 4 is 39.7 Å². The van der Waals surface area contributed by atoms with Gasteiger partial charge in [-0.3, -0.25) is 19.1 Å². The van der Waals surface area contributed by atoms with E-state index in [9.17, 15) is 27.6 Å². The molecule has 4 N–H and O–H groups in total. The summed E-state index contributed by atoms with van der Waals surface area (Å²) in [7, 11) is -2.95. The predicted octanol–water partition coefficient (Wildman–Crippen LogP) is 3.75. The molecule has 13 nitrogen and oxygen atoms in total. The van der Waals surface area contributed by atoms with Crippen LogP contribution in [0.3, 0.4) is 0 Å². The van der Waals surface area contributed by atoms with Crippen molar-refractivity contribution in [3.63, 3.8) is 0 Å². The molecule has 0 unspecified atom stereocenters. The third-order valence-corrected chi connectivity index (χ3v) is 8.74. The summed E-state index contributed by atoms with van der Waals surface area (Å²) in [6.45, 7) is 7.67. The van der Waals surface area contributed by atoms with Crippen molar-refractivity contribution in [1.29, 1.82) is 0 Å². The highest BCUT2D eigenvalue weighted by Gasteiger charge is 2.54. The van der Waals surface area contributed by atoms with E-state index < -0.39 is 51.3 Å². The van der Waals surface area contributed by atoms with E-state index in [-0.39, 0.29) is 30.2 Å². The number of ether oxygens (including phenoxy) is 2. The fraction of sp³-hybridized carbons (Fsp3) is 0.677. The first-order chi connectivity index (χ1) is 21.2. The summed E-state index contributed by atoms with van der Waals surface area (Å²) in [5.74, 6) is -1.53. The molecule has 1 heterocycles. The van der Waals surface area contributed by atoms with Crippen molar-refractivity contribution in [3.05, 3.63) is 24.3 Å². The average Bonchev–Trinajstić information content (AvgIpc) is 3.57. The van der Waals surface area contributed by atoms with Crippen molar-refractivity contribution in [2.24, 2.45) is 0 Å². The minimum Gasteiger partial charge on any atom is -0.495 e. The van der Waals surface area contributed by atoms with Gasteiger partial charge >= 0.3 is 16.3 Å². The van der Waals surface area contributed by atoms with E-state index in [2.05, 4.69) is 22.3 Å². The van der Waals surface area contributed by atoms with Crippen LogP contribution < -0.4 is 24.8 Å². The first-order valence-electron chi connectivity index (χ1n) is 15.8. The monoisotopic (exact) mass is 651 g/mol. The number of anilines is 1. The van der Waals surface area contributed by atoms with Gasteiger partial charge in [-0.1, -0.05) is 57.6 Å². The summed E-state index contributed by atoms with van der Waals surface area (Å²) in [5, 5.41) is 5.43. The Morgan fingerprint density at radius 3 is 2.36 bits per heavy atom. The Kier molecular flexibility index (Phi) is 12.5. The second-order valence-corrected chi connectivity index (χ2v) is 14.2. The molecule has 1 aromatic carbocycles. The van der Waals surface area contributed by atoms with Gasteiger partial charge < -0.3 is 25.0 Å². The van der Waals surface area contributed by atoms with E-state index in [1.807, 2.05) is 4.72 Å². The maximum absolute atomic E-state index is 13.8. The lowest BCUT2D eigenvalue weighted by Gasteiger charge is -2.30. The molecular formula is C31H49N5O8S. The number of hydrogen-bond donors (Lipinski definition) is 4. The summed E-state index contributed by atoms with van der Waals surface area (Å²) < 4.78 is 40.3. The van der Waals surface area contributed by atoms with E-state index in [1.54, 1.807) is 39.0 Å². The lowest BCUT2D eigenvalue weighted by atomic mass is 10.0. The molecule has 2 atom stereocenters. The second kappa shape index (κ2) is 15.6. The zero-order valence-electron chi connectivity index (χ0n) is 27.1. The molecule has 1 aliphatic heterocycles. The number of rotatable bonds is 16. The summed E-state index contributed by atoms with van der Waals surface area (Å²) >= 11 is 0. The van der Waals surface area contributed by atoms with Crippen LogP contribution in [0.15, 0.2) is 24.3 Å². The van der Waals surface area contributed by atoms with Crippen LogP contribution in [0.5, 0.6) is 5.75 Å². The Labute approximate surface area is 266 Å². The molecule has 0 aromatic heterocycles. The molecule has 1 saturated carbocycles. The zero-order valence-corrected chi connectivity index (χ0v) is 27.9. The molecule has 1 aromatic rings. The number of alkyl carbamates (subject to hydrolysis) is 1. The maximum Gasteiger partial charge on any atom is 0.408 e. The van der Waals surface area contributed by atoms with Gasteiger partial charge in [-0.15, -0.1) is 0 Å². The Balaban J connectivity index is 1.65. The number of hydrogen-bond acceptors (Lipinski definition) is 8. The van der Waals surface area contributed by atoms with Crippen molar-refractivity contribution in [1.82, 2.24) is 20.3 Å². The van der Waals surface area contributed by atoms with Gasteiger partial charge in [0.05, 0.1) is 12.8 Å². The molecule has 4 amide bonds. The molecule has 0 spiro atoms. The third kappa shape index (κ3) is 10.8. The number of nitrogens with zero attached hydrogens (tertiary/aromatic N) is 1. The van der Waals surface area contributed by atoms with Crippen molar-refractivity contribution in [3.8, 4) is 5.75 Å². The van der Waals surface area contributed by atoms with Gasteiger partial charge in [-0.25, -0.2) is 9.52 Å². The number of benzene rings is 1. The van der Waals surface area contributed by atoms with Crippen LogP contribution in [0.1, 0.15) is 98.3 Å². The van der Waals surface area contributed by atoms with Gasteiger partial charge in [-0.05, 0) is 65.0 Å². The van der Waals surface area contributed by atoms with Crippen molar-refractivity contribution in [2.75, 3.05) is 18.4 Å². The van der Waals surface area contributed by atoms with Gasteiger partial charge in [0, 0.05) is 6.54 Å². The van der Waals surface area contributed by atoms with E-state index in [0.29, 0.717) is 25.8 Å². The molecule has 252 valence electrons. The van der Waals surface area contributed by atoms with Gasteiger partial charge in [0.25, 0.3) is 5.91 Å². The first kappa shape index (κ1) is 35.9. The first-order valence-corrected chi connectivity index (χ1v) is 17.3. The number of unbranched alkanes of at least 4 members (excludes halogenated alkanes) is 5. The minimum absolute atomic E-state index is 0.143. The number of para-hydroxylation sites is 2. The van der Waals surface area contributed by atoms with Gasteiger partial charge in [0.15, 0.2) is 0 Å². The fourth-order valence-electron chi connectivity index (χ4n) is 5.31. The topological polar surface area (TPSA) is 172 Å². The SMILES string of the molecule is CCCCCCCC[C@H](NC(=O)OC(C)(C)C)C(=O)N1CCC[C@H]1C(=O)NC1(C(=O)NS(=O)(=O)Nc2ccccc2OC)CC1. The maximum atomic E-state index is 13.8. The lowest BCUT2D eigenvalue weighted by molar-refractivity contribution is -0.141. The number of nitrogens with one attached hydrogen (secondary N) is 4. The van der Waals surface area contributed by atoms with Crippen LogP contribution in [-0.2, 0) is 29.3 Å². The van der Waals surface area contributed by atoms with Crippen LogP contribution in [0.2, 0.25) is 0 Å². The standard InChI is InChI=1S/C31H49N5O8S/c1-6-7-8-9-10-11-16-23(32-29(40)44-30(2,3)4)27(38)36-21-14-17-24(36)26(37)33-31(19-20-31)28(39)35-45(41,42)34-22-15-12-13-18-25(22)43-5/h12-13,15,18,23-24,34H,6-11,14,16-17,19-21H2,1-5H3,(H,32,40)(H,33,37)(H,35,39)/t23-,24-/m0/s1. The van der Waals surface area contributed by atoms with Gasteiger partial charge in [-0.2, -0.15) is 8.42 Å². The zero-order chi connectivity index (χ0) is 33.3. The molecule has 0 bridgehead atoms. The molecule has 1 saturated heterocycles. The molecule has 45 heavy (non-hydrogen) atoms. The summed E-state index contributed by atoms with van der Waals surface area (Å²) in [6.07, 6.45) is 7.17. The lowest BCUT2D eigenvalue weighted by Crippen LogP contribution is -2.58. The van der Waals surface area contributed by atoms with Gasteiger partial charge in [0.1, 0.15) is 29.0 Å². The fourth-order valence-corrected chi connectivity index (χ4v) is 6.26. The number of carbonyl (C=O) groups excluding carboxylic acids is 4. The highest BCUT2D eigenvalue weighted by atomic mass is 32.2. The van der Waals surface area contributed by atoms with Crippen LogP contribution in [0.4, 0.5) is 10.5 Å². The van der Waals surface area contributed by atoms with E-state index in [4.69, 9.17) is 9.47 Å². The average molecular weight is 652 g/mol. The smallest absolute Gasteiger partial charge is 0.408 e. The Morgan fingerprint density at radius 2 is 1.71 bits per heavy atom. The second-order valence-electron chi connectivity index (χ2n) is 12.8.